The maximum atomic E-state index is 6.97. The molecule has 4 saturated carbocycles. The summed E-state index contributed by atoms with van der Waals surface area (Å²) < 4.78 is 13.5. The zero-order valence-electron chi connectivity index (χ0n) is 30.8. The van der Waals surface area contributed by atoms with Gasteiger partial charge in [0.1, 0.15) is 22.3 Å². The van der Waals surface area contributed by atoms with E-state index >= 15 is 0 Å². The second-order valence-electron chi connectivity index (χ2n) is 17.0. The molecular formula is C51H37N3O2. The zero-order chi connectivity index (χ0) is 36.5. The van der Waals surface area contributed by atoms with Crippen molar-refractivity contribution >= 4 is 65.4 Å². The fourth-order valence-corrected chi connectivity index (χ4v) is 11.6. The van der Waals surface area contributed by atoms with E-state index in [2.05, 4.69) is 121 Å². The Morgan fingerprint density at radius 2 is 1.09 bits per heavy atom. The Morgan fingerprint density at radius 3 is 1.88 bits per heavy atom. The first-order valence-corrected chi connectivity index (χ1v) is 20.2. The fraction of sp³-hybridized carbons (Fsp3) is 0.196. The SMILES string of the molecule is c1ccc2c(c1)ccc1c2oc2c(-c3nc(-c4ccc(C56CC7CC(CC(C7)C5)C6)cc4)nc(-c4cccc5c4oc4ccccc45)n3)cc3ccccc3c21. The van der Waals surface area contributed by atoms with Crippen molar-refractivity contribution in [3.63, 3.8) is 0 Å². The summed E-state index contributed by atoms with van der Waals surface area (Å²) in [6, 6.07) is 47.2. The highest BCUT2D eigenvalue weighted by molar-refractivity contribution is 6.25. The van der Waals surface area contributed by atoms with Gasteiger partial charge in [-0.3, -0.25) is 0 Å². The molecule has 0 radical (unpaired) electrons. The maximum absolute atomic E-state index is 6.97. The smallest absolute Gasteiger partial charge is 0.167 e. The van der Waals surface area contributed by atoms with Crippen LogP contribution in [0.5, 0.6) is 0 Å². The largest absolute Gasteiger partial charge is 0.455 e. The lowest BCUT2D eigenvalue weighted by Crippen LogP contribution is -2.48. The van der Waals surface area contributed by atoms with Crippen LogP contribution < -0.4 is 0 Å². The second-order valence-corrected chi connectivity index (χ2v) is 17.0. The van der Waals surface area contributed by atoms with E-state index in [1.54, 1.807) is 0 Å². The Labute approximate surface area is 323 Å². The van der Waals surface area contributed by atoms with Crippen molar-refractivity contribution in [2.45, 2.75) is 43.9 Å². The highest BCUT2D eigenvalue weighted by atomic mass is 16.3. The van der Waals surface area contributed by atoms with Crippen molar-refractivity contribution in [1.29, 1.82) is 0 Å². The Morgan fingerprint density at radius 1 is 0.446 bits per heavy atom. The second kappa shape index (κ2) is 11.4. The van der Waals surface area contributed by atoms with Gasteiger partial charge in [0.25, 0.3) is 0 Å². The van der Waals surface area contributed by atoms with E-state index in [-0.39, 0.29) is 0 Å². The van der Waals surface area contributed by atoms with E-state index in [1.165, 1.54) is 44.1 Å². The van der Waals surface area contributed by atoms with Gasteiger partial charge in [-0.05, 0) is 108 Å². The number of benzene rings is 7. The Hall–Kier alpha value is -6.33. The molecule has 5 nitrogen and oxygen atoms in total. The molecule has 0 saturated heterocycles. The third kappa shape index (κ3) is 4.45. The minimum absolute atomic E-state index is 0.321. The average Bonchev–Trinajstić information content (AvgIpc) is 3.83. The van der Waals surface area contributed by atoms with Crippen LogP contribution in [-0.4, -0.2) is 15.0 Å². The normalized spacial score (nSPS) is 21.8. The summed E-state index contributed by atoms with van der Waals surface area (Å²) in [6.07, 6.45) is 8.33. The zero-order valence-corrected chi connectivity index (χ0v) is 30.8. The van der Waals surface area contributed by atoms with Crippen molar-refractivity contribution in [1.82, 2.24) is 15.0 Å². The van der Waals surface area contributed by atoms with Crippen LogP contribution in [0.3, 0.4) is 0 Å². The molecule has 56 heavy (non-hydrogen) atoms. The highest BCUT2D eigenvalue weighted by Crippen LogP contribution is 2.60. The number of fused-ring (bicyclic) bond motifs is 10. The Kier molecular flexibility index (Phi) is 6.28. The van der Waals surface area contributed by atoms with E-state index in [0.717, 1.165) is 99.9 Å². The quantitative estimate of drug-likeness (QED) is 0.181. The molecule has 0 spiro atoms. The van der Waals surface area contributed by atoms with Crippen molar-refractivity contribution in [2.24, 2.45) is 17.8 Å². The lowest BCUT2D eigenvalue weighted by molar-refractivity contribution is -0.00518. The summed E-state index contributed by atoms with van der Waals surface area (Å²) in [7, 11) is 0. The van der Waals surface area contributed by atoms with Crippen LogP contribution in [0.25, 0.3) is 99.6 Å². The topological polar surface area (TPSA) is 65.0 Å². The molecule has 3 heterocycles. The number of furan rings is 2. The first kappa shape index (κ1) is 30.9. The number of para-hydroxylation sites is 2. The lowest BCUT2D eigenvalue weighted by atomic mass is 9.48. The molecule has 0 unspecified atom stereocenters. The van der Waals surface area contributed by atoms with Crippen LogP contribution in [0.15, 0.2) is 142 Å². The summed E-state index contributed by atoms with van der Waals surface area (Å²) in [5.74, 6) is 4.46. The van der Waals surface area contributed by atoms with E-state index in [4.69, 9.17) is 23.8 Å². The van der Waals surface area contributed by atoms with Crippen LogP contribution in [0, 0.1) is 17.8 Å². The van der Waals surface area contributed by atoms with Crippen LogP contribution >= 0.6 is 0 Å². The summed E-state index contributed by atoms with van der Waals surface area (Å²) in [5.41, 5.74) is 7.73. The molecular weight excluding hydrogens is 687 g/mol. The molecule has 4 fully saturated rings. The van der Waals surface area contributed by atoms with E-state index in [1.807, 2.05) is 12.1 Å². The third-order valence-corrected chi connectivity index (χ3v) is 13.7. The molecule has 14 rings (SSSR count). The van der Waals surface area contributed by atoms with Gasteiger partial charge in [-0.1, -0.05) is 109 Å². The summed E-state index contributed by atoms with van der Waals surface area (Å²) in [5, 5.41) is 8.74. The molecule has 0 aliphatic heterocycles. The number of aromatic nitrogens is 3. The molecule has 0 N–H and O–H groups in total. The van der Waals surface area contributed by atoms with Gasteiger partial charge in [0.05, 0.1) is 11.1 Å². The van der Waals surface area contributed by atoms with Crippen LogP contribution in [0.2, 0.25) is 0 Å². The van der Waals surface area contributed by atoms with E-state index in [9.17, 15) is 0 Å². The van der Waals surface area contributed by atoms with Gasteiger partial charge >= 0.3 is 0 Å². The monoisotopic (exact) mass is 723 g/mol. The van der Waals surface area contributed by atoms with Crippen molar-refractivity contribution in [3.05, 3.63) is 139 Å². The number of hydrogen-bond donors (Lipinski definition) is 0. The van der Waals surface area contributed by atoms with E-state index < -0.39 is 0 Å². The minimum atomic E-state index is 0.321. The van der Waals surface area contributed by atoms with Gasteiger partial charge in [0, 0.05) is 32.5 Å². The van der Waals surface area contributed by atoms with E-state index in [0.29, 0.717) is 22.9 Å². The third-order valence-electron chi connectivity index (χ3n) is 13.7. The highest BCUT2D eigenvalue weighted by Gasteiger charge is 2.51. The van der Waals surface area contributed by atoms with Gasteiger partial charge in [0.2, 0.25) is 0 Å². The molecule has 3 aromatic heterocycles. The summed E-state index contributed by atoms with van der Waals surface area (Å²) in [6.45, 7) is 0. The number of nitrogens with zero attached hydrogens (tertiary/aromatic N) is 3. The predicted octanol–water partition coefficient (Wildman–Crippen LogP) is 13.4. The molecule has 10 aromatic rings. The molecule has 4 aliphatic carbocycles. The summed E-state index contributed by atoms with van der Waals surface area (Å²) >= 11 is 0. The van der Waals surface area contributed by atoms with Crippen LogP contribution in [0.4, 0.5) is 0 Å². The maximum Gasteiger partial charge on any atom is 0.167 e. The molecule has 268 valence electrons. The summed E-state index contributed by atoms with van der Waals surface area (Å²) in [4.78, 5) is 15.9. The van der Waals surface area contributed by atoms with Gasteiger partial charge in [-0.2, -0.15) is 0 Å². The van der Waals surface area contributed by atoms with Gasteiger partial charge in [-0.25, -0.2) is 15.0 Å². The van der Waals surface area contributed by atoms with Gasteiger partial charge < -0.3 is 8.83 Å². The number of rotatable bonds is 4. The fourth-order valence-electron chi connectivity index (χ4n) is 11.6. The molecule has 4 aliphatic rings. The van der Waals surface area contributed by atoms with Crippen LogP contribution in [-0.2, 0) is 5.41 Å². The first-order valence-electron chi connectivity index (χ1n) is 20.2. The van der Waals surface area contributed by atoms with Gasteiger partial charge in [0.15, 0.2) is 17.5 Å². The van der Waals surface area contributed by atoms with Gasteiger partial charge in [-0.15, -0.1) is 0 Å². The standard InChI is InChI=1S/C51H37N3O2/c1-4-11-37-32(8-1)18-21-40-44-36-10-3-2-9-34(36)25-42(47(44)56-45(37)40)50-53-48(33-16-19-35(20-17-33)51-26-29-22-30(27-51)24-31(23-29)28-51)52-49(54-50)41-14-7-13-39-38-12-5-6-15-43(38)55-46(39)41/h1-21,25,29-31H,22-24,26-28H2. The minimum Gasteiger partial charge on any atom is -0.455 e. The molecule has 7 aromatic carbocycles. The molecule has 0 atom stereocenters. The van der Waals surface area contributed by atoms with Crippen molar-refractivity contribution < 1.29 is 8.83 Å². The molecule has 4 bridgehead atoms. The molecule has 0 amide bonds. The predicted molar refractivity (Wildman–Crippen MR) is 226 cm³/mol. The number of hydrogen-bond acceptors (Lipinski definition) is 5. The first-order chi connectivity index (χ1) is 27.6. The Balaban J connectivity index is 1.05. The van der Waals surface area contributed by atoms with Crippen LogP contribution in [0.1, 0.15) is 44.1 Å². The molecule has 5 heteroatoms. The van der Waals surface area contributed by atoms with Crippen molar-refractivity contribution in [3.8, 4) is 34.2 Å². The van der Waals surface area contributed by atoms with Crippen molar-refractivity contribution in [2.75, 3.05) is 0 Å². The Bertz CT molecular complexity index is 3210. The lowest BCUT2D eigenvalue weighted by Gasteiger charge is -2.57. The average molecular weight is 724 g/mol.